The molecule has 2 amide bonds. The van der Waals surface area contributed by atoms with Crippen molar-refractivity contribution in [2.75, 3.05) is 5.32 Å². The van der Waals surface area contributed by atoms with Crippen molar-refractivity contribution in [3.8, 4) is 0 Å². The summed E-state index contributed by atoms with van der Waals surface area (Å²) < 4.78 is 6.92. The van der Waals surface area contributed by atoms with Crippen LogP contribution in [0.25, 0.3) is 11.0 Å². The van der Waals surface area contributed by atoms with Gasteiger partial charge in [0, 0.05) is 17.5 Å². The molecule has 1 aliphatic heterocycles. The summed E-state index contributed by atoms with van der Waals surface area (Å²) in [5.74, 6) is -0.322. The number of anilines is 1. The lowest BCUT2D eigenvalue weighted by atomic mass is 9.86. The molecule has 9 heteroatoms. The molecule has 0 aromatic carbocycles. The number of fused-ring (bicyclic) bond motifs is 2. The lowest BCUT2D eigenvalue weighted by molar-refractivity contribution is -0.121. The third-order valence-electron chi connectivity index (χ3n) is 5.89. The van der Waals surface area contributed by atoms with Gasteiger partial charge in [0.15, 0.2) is 0 Å². The molecule has 4 rings (SSSR count). The molecule has 0 saturated heterocycles. The standard InChI is InChI=1S/C22H25N5O4/c1-4-22(5-2)15-10-13(3)27(20(29)19(15)26-21(30)31-22)12-18(28)24-11-14-6-7-16-17(25-14)8-9-23-16/h6-10,23H,4-5,11-12H2,1-3H3,(H,24,28)(H,26,30). The number of amides is 2. The maximum absolute atomic E-state index is 13.1. The Hall–Kier alpha value is -3.62. The number of H-pyrrole nitrogens is 1. The van der Waals surface area contributed by atoms with E-state index in [1.54, 1.807) is 13.1 Å². The van der Waals surface area contributed by atoms with Crippen LogP contribution in [-0.4, -0.2) is 26.5 Å². The number of pyridine rings is 2. The summed E-state index contributed by atoms with van der Waals surface area (Å²) in [5, 5.41) is 5.33. The van der Waals surface area contributed by atoms with Crippen LogP contribution in [0.3, 0.4) is 0 Å². The third kappa shape index (κ3) is 3.67. The van der Waals surface area contributed by atoms with Gasteiger partial charge < -0.3 is 19.6 Å². The number of carbonyl (C=O) groups is 2. The van der Waals surface area contributed by atoms with Crippen molar-refractivity contribution in [3.63, 3.8) is 0 Å². The fourth-order valence-electron chi connectivity index (χ4n) is 4.04. The van der Waals surface area contributed by atoms with Gasteiger partial charge in [-0.2, -0.15) is 0 Å². The average Bonchev–Trinajstić information content (AvgIpc) is 3.23. The second kappa shape index (κ2) is 7.90. The molecule has 0 saturated carbocycles. The Balaban J connectivity index is 1.55. The second-order valence-corrected chi connectivity index (χ2v) is 7.67. The van der Waals surface area contributed by atoms with Crippen molar-refractivity contribution in [1.29, 1.82) is 0 Å². The summed E-state index contributed by atoms with van der Waals surface area (Å²) in [6.07, 6.45) is 2.25. The topological polar surface area (TPSA) is 118 Å². The summed E-state index contributed by atoms with van der Waals surface area (Å²) >= 11 is 0. The zero-order valence-electron chi connectivity index (χ0n) is 17.7. The van der Waals surface area contributed by atoms with E-state index in [0.29, 0.717) is 24.1 Å². The molecule has 0 bridgehead atoms. The van der Waals surface area contributed by atoms with Gasteiger partial charge in [-0.25, -0.2) is 9.78 Å². The number of aromatic amines is 1. The van der Waals surface area contributed by atoms with Crippen LogP contribution in [0.2, 0.25) is 0 Å². The Morgan fingerprint density at radius 3 is 2.74 bits per heavy atom. The first-order chi connectivity index (χ1) is 14.9. The van der Waals surface area contributed by atoms with Gasteiger partial charge in [0.1, 0.15) is 17.8 Å². The van der Waals surface area contributed by atoms with Crippen LogP contribution in [0, 0.1) is 6.92 Å². The summed E-state index contributed by atoms with van der Waals surface area (Å²) in [5.41, 5.74) is 2.66. The van der Waals surface area contributed by atoms with Gasteiger partial charge in [-0.1, -0.05) is 13.8 Å². The molecule has 3 aromatic rings. The number of hydrogen-bond acceptors (Lipinski definition) is 5. The quantitative estimate of drug-likeness (QED) is 0.563. The normalized spacial score (nSPS) is 14.6. The van der Waals surface area contributed by atoms with Gasteiger partial charge in [0.25, 0.3) is 5.56 Å². The van der Waals surface area contributed by atoms with Crippen LogP contribution in [0.5, 0.6) is 0 Å². The van der Waals surface area contributed by atoms with Gasteiger partial charge in [-0.3, -0.25) is 14.9 Å². The van der Waals surface area contributed by atoms with E-state index in [1.807, 2.05) is 38.1 Å². The Kier molecular flexibility index (Phi) is 5.26. The highest BCUT2D eigenvalue weighted by Crippen LogP contribution is 2.40. The highest BCUT2D eigenvalue weighted by molar-refractivity contribution is 5.88. The van der Waals surface area contributed by atoms with Crippen LogP contribution >= 0.6 is 0 Å². The molecule has 0 spiro atoms. The fraction of sp³-hybridized carbons (Fsp3) is 0.364. The number of aryl methyl sites for hydroxylation is 1. The van der Waals surface area contributed by atoms with Crippen LogP contribution in [-0.2, 0) is 28.2 Å². The van der Waals surface area contributed by atoms with Crippen molar-refractivity contribution < 1.29 is 14.3 Å². The smallest absolute Gasteiger partial charge is 0.412 e. The Bertz CT molecular complexity index is 1220. The van der Waals surface area contributed by atoms with Crippen molar-refractivity contribution in [2.45, 2.75) is 52.3 Å². The Labute approximate surface area is 178 Å². The number of rotatable bonds is 6. The van der Waals surface area contributed by atoms with E-state index >= 15 is 0 Å². The monoisotopic (exact) mass is 423 g/mol. The molecular formula is C22H25N5O4. The molecule has 3 aromatic heterocycles. The zero-order chi connectivity index (χ0) is 22.2. The third-order valence-corrected chi connectivity index (χ3v) is 5.89. The number of cyclic esters (lactones) is 1. The van der Waals surface area contributed by atoms with E-state index in [2.05, 4.69) is 20.6 Å². The minimum atomic E-state index is -0.842. The van der Waals surface area contributed by atoms with E-state index in [4.69, 9.17) is 4.74 Å². The van der Waals surface area contributed by atoms with E-state index in [-0.39, 0.29) is 24.7 Å². The molecule has 31 heavy (non-hydrogen) atoms. The summed E-state index contributed by atoms with van der Waals surface area (Å²) in [7, 11) is 0. The molecule has 0 unspecified atom stereocenters. The van der Waals surface area contributed by atoms with Crippen LogP contribution in [0.4, 0.5) is 10.5 Å². The molecule has 3 N–H and O–H groups in total. The summed E-state index contributed by atoms with van der Waals surface area (Å²) in [4.78, 5) is 45.3. The highest BCUT2D eigenvalue weighted by atomic mass is 16.6. The van der Waals surface area contributed by atoms with Crippen molar-refractivity contribution in [2.24, 2.45) is 0 Å². The SMILES string of the molecule is CCC1(CC)OC(=O)Nc2c1cc(C)n(CC(=O)NCc1ccc3[nH]ccc3n1)c2=O. The van der Waals surface area contributed by atoms with Crippen molar-refractivity contribution in [1.82, 2.24) is 19.9 Å². The number of hydrogen-bond donors (Lipinski definition) is 3. The summed E-state index contributed by atoms with van der Waals surface area (Å²) in [6, 6.07) is 7.42. The molecule has 1 aliphatic rings. The maximum atomic E-state index is 13.1. The van der Waals surface area contributed by atoms with Crippen LogP contribution < -0.4 is 16.2 Å². The predicted molar refractivity (Wildman–Crippen MR) is 116 cm³/mol. The molecular weight excluding hydrogens is 398 g/mol. The number of nitrogens with one attached hydrogen (secondary N) is 3. The average molecular weight is 423 g/mol. The van der Waals surface area contributed by atoms with Gasteiger partial charge in [-0.15, -0.1) is 0 Å². The lowest BCUT2D eigenvalue weighted by Crippen LogP contribution is -2.44. The Morgan fingerprint density at radius 2 is 2.00 bits per heavy atom. The number of ether oxygens (including phenoxy) is 1. The highest BCUT2D eigenvalue weighted by Gasteiger charge is 2.41. The van der Waals surface area contributed by atoms with Gasteiger partial charge in [0.2, 0.25) is 5.91 Å². The largest absolute Gasteiger partial charge is 0.438 e. The molecule has 162 valence electrons. The molecule has 4 heterocycles. The number of carbonyl (C=O) groups excluding carboxylic acids is 2. The minimum Gasteiger partial charge on any atom is -0.438 e. The van der Waals surface area contributed by atoms with Crippen molar-refractivity contribution in [3.05, 3.63) is 57.8 Å². The first-order valence-corrected chi connectivity index (χ1v) is 10.3. The lowest BCUT2D eigenvalue weighted by Gasteiger charge is -2.37. The van der Waals surface area contributed by atoms with Gasteiger partial charge >= 0.3 is 6.09 Å². The van der Waals surface area contributed by atoms with E-state index in [9.17, 15) is 14.4 Å². The minimum absolute atomic E-state index is 0.160. The maximum Gasteiger partial charge on any atom is 0.412 e. The van der Waals surface area contributed by atoms with E-state index in [1.165, 1.54) is 4.57 Å². The zero-order valence-corrected chi connectivity index (χ0v) is 17.7. The van der Waals surface area contributed by atoms with Crippen molar-refractivity contribution >= 4 is 28.7 Å². The molecule has 9 nitrogen and oxygen atoms in total. The Morgan fingerprint density at radius 1 is 1.23 bits per heavy atom. The summed E-state index contributed by atoms with van der Waals surface area (Å²) in [6.45, 7) is 5.69. The van der Waals surface area contributed by atoms with E-state index < -0.39 is 17.3 Å². The first kappa shape index (κ1) is 20.6. The van der Waals surface area contributed by atoms with Gasteiger partial charge in [-0.05, 0) is 44.0 Å². The molecule has 0 radical (unpaired) electrons. The molecule has 0 aliphatic carbocycles. The van der Waals surface area contributed by atoms with E-state index in [0.717, 1.165) is 16.7 Å². The predicted octanol–water partition coefficient (Wildman–Crippen LogP) is 2.93. The second-order valence-electron chi connectivity index (χ2n) is 7.67. The number of aromatic nitrogens is 3. The van der Waals surface area contributed by atoms with Crippen LogP contribution in [0.15, 0.2) is 35.3 Å². The molecule has 0 fully saturated rings. The van der Waals surface area contributed by atoms with Gasteiger partial charge in [0.05, 0.1) is 23.3 Å². The first-order valence-electron chi connectivity index (χ1n) is 10.3. The molecule has 0 atom stereocenters. The van der Waals surface area contributed by atoms with Crippen LogP contribution in [0.1, 0.15) is 43.6 Å². The fourth-order valence-corrected chi connectivity index (χ4v) is 4.04. The number of nitrogens with zero attached hydrogens (tertiary/aromatic N) is 2.